The summed E-state index contributed by atoms with van der Waals surface area (Å²) in [6, 6.07) is 44.0. The van der Waals surface area contributed by atoms with Crippen LogP contribution in [-0.4, -0.2) is 18.0 Å². The monoisotopic (exact) mass is 895 g/mol. The first-order valence-electron chi connectivity index (χ1n) is 18.2. The van der Waals surface area contributed by atoms with Gasteiger partial charge in [0.15, 0.2) is 0 Å². The zero-order valence-electron chi connectivity index (χ0n) is 32.1. The molecule has 52 heavy (non-hydrogen) atoms. The summed E-state index contributed by atoms with van der Waals surface area (Å²) in [5.41, 5.74) is 5.77. The fraction of sp³-hybridized carbons (Fsp3) is 0.174. The molecule has 6 heteroatoms. The molecular formula is C46H41FIrN2SSi-2. The summed E-state index contributed by atoms with van der Waals surface area (Å²) in [5.74, 6) is -0.238. The van der Waals surface area contributed by atoms with Crippen LogP contribution >= 0.6 is 11.3 Å². The molecule has 2 nitrogen and oxygen atoms in total. The summed E-state index contributed by atoms with van der Waals surface area (Å²) in [6.45, 7) is 12.7. The number of rotatable bonds is 5. The molecule has 0 unspecified atom stereocenters. The molecule has 8 aromatic rings. The Kier molecular flexibility index (Phi) is 10.2. The average Bonchev–Trinajstić information content (AvgIpc) is 3.52. The molecular weight excluding hydrogens is 852 g/mol. The second-order valence-electron chi connectivity index (χ2n) is 14.9. The van der Waals surface area contributed by atoms with Crippen LogP contribution in [0.5, 0.6) is 0 Å². The first kappa shape index (κ1) is 34.7. The van der Waals surface area contributed by atoms with E-state index in [-0.39, 0.29) is 25.9 Å². The van der Waals surface area contributed by atoms with Crippen LogP contribution in [0.3, 0.4) is 0 Å². The molecule has 8 rings (SSSR count). The van der Waals surface area contributed by atoms with Crippen LogP contribution in [0.2, 0.25) is 19.6 Å². The molecule has 0 spiro atoms. The van der Waals surface area contributed by atoms with Gasteiger partial charge in [0.05, 0.1) is 8.07 Å². The van der Waals surface area contributed by atoms with E-state index >= 15 is 0 Å². The van der Waals surface area contributed by atoms with E-state index in [1.54, 1.807) is 35.7 Å². The summed E-state index contributed by atoms with van der Waals surface area (Å²) in [5, 5.41) is 6.13. The zero-order valence-corrected chi connectivity index (χ0v) is 34.3. The maximum absolute atomic E-state index is 13.3. The van der Waals surface area contributed by atoms with E-state index in [0.717, 1.165) is 48.1 Å². The minimum Gasteiger partial charge on any atom is -0.305 e. The van der Waals surface area contributed by atoms with E-state index in [2.05, 4.69) is 108 Å². The first-order chi connectivity index (χ1) is 25.2. The molecule has 5 aromatic carbocycles. The van der Waals surface area contributed by atoms with Crippen molar-refractivity contribution in [1.29, 1.82) is 0 Å². The van der Waals surface area contributed by atoms with Crippen molar-refractivity contribution < 1.29 is 27.2 Å². The molecule has 0 aliphatic heterocycles. The number of benzene rings is 5. The number of nitrogens with zero attached hydrogens (tertiary/aromatic N) is 2. The van der Waals surface area contributed by atoms with E-state index in [1.807, 2.05) is 45.2 Å². The van der Waals surface area contributed by atoms with E-state index in [1.165, 1.54) is 28.1 Å². The molecule has 0 bridgehead atoms. The number of thiophene rings is 1. The predicted octanol–water partition coefficient (Wildman–Crippen LogP) is 12.6. The van der Waals surface area contributed by atoms with Crippen molar-refractivity contribution in [2.45, 2.75) is 46.8 Å². The second-order valence-corrected chi connectivity index (χ2v) is 21.0. The molecule has 0 aliphatic rings. The van der Waals surface area contributed by atoms with Gasteiger partial charge in [-0.15, -0.1) is 52.9 Å². The summed E-state index contributed by atoms with van der Waals surface area (Å²) < 4.78 is 32.8. The van der Waals surface area contributed by atoms with Gasteiger partial charge in [-0.1, -0.05) is 123 Å². The number of hydrogen-bond acceptors (Lipinski definition) is 3. The molecule has 0 aliphatic carbocycles. The van der Waals surface area contributed by atoms with Gasteiger partial charge in [0.25, 0.3) is 0 Å². The molecule has 3 heterocycles. The van der Waals surface area contributed by atoms with Crippen molar-refractivity contribution in [2.75, 3.05) is 0 Å². The molecule has 0 atom stereocenters. The minimum absolute atomic E-state index is 0. The third-order valence-corrected chi connectivity index (χ3v) is 11.9. The largest absolute Gasteiger partial charge is 0.305 e. The molecule has 3 aromatic heterocycles. The maximum atomic E-state index is 13.3. The van der Waals surface area contributed by atoms with Crippen LogP contribution in [-0.2, 0) is 26.5 Å². The number of halogens is 1. The molecule has 0 saturated carbocycles. The standard InChI is InChI=1S/C28H23FNS.C18H18NSi.Ir/c1-28(2,3)17-18-12-13-30-25(14-18)21-7-11-24-23-10-6-20(15-26(23)31-27(24)16-21)19-4-8-22(29)9-5-19;1-20(2,3)15-11-12-18(19-13-15)17-10-6-8-14-7-4-5-9-16(14)17;/h4-6,8-16H,17H2,1-3H3;4-9,11-13H,1-3H3;/q2*-1;/i17D2;;. The molecule has 0 N–H and O–H groups in total. The zero-order chi connectivity index (χ0) is 37.5. The molecule has 0 amide bonds. The topological polar surface area (TPSA) is 25.8 Å². The number of aromatic nitrogens is 2. The van der Waals surface area contributed by atoms with Crippen LogP contribution in [0.25, 0.3) is 64.6 Å². The summed E-state index contributed by atoms with van der Waals surface area (Å²) in [4.78, 5) is 9.17. The van der Waals surface area contributed by atoms with Gasteiger partial charge >= 0.3 is 0 Å². The fourth-order valence-electron chi connectivity index (χ4n) is 6.13. The Balaban J connectivity index is 0.000000203. The minimum atomic E-state index is -1.48. The van der Waals surface area contributed by atoms with Gasteiger partial charge in [0.1, 0.15) is 5.82 Å². The van der Waals surface area contributed by atoms with E-state index in [9.17, 15) is 4.39 Å². The van der Waals surface area contributed by atoms with Gasteiger partial charge in [0.2, 0.25) is 0 Å². The van der Waals surface area contributed by atoms with Gasteiger partial charge in [-0.25, -0.2) is 4.39 Å². The van der Waals surface area contributed by atoms with E-state index in [4.69, 9.17) is 2.74 Å². The van der Waals surface area contributed by atoms with Crippen LogP contribution < -0.4 is 5.19 Å². The van der Waals surface area contributed by atoms with Gasteiger partial charge < -0.3 is 9.97 Å². The molecule has 1 radical (unpaired) electrons. The van der Waals surface area contributed by atoms with Crippen LogP contribution in [0, 0.1) is 23.4 Å². The van der Waals surface area contributed by atoms with Crippen molar-refractivity contribution in [1.82, 2.24) is 9.97 Å². The normalized spacial score (nSPS) is 12.5. The van der Waals surface area contributed by atoms with Crippen molar-refractivity contribution in [3.8, 4) is 33.6 Å². The fourth-order valence-corrected chi connectivity index (χ4v) is 8.33. The van der Waals surface area contributed by atoms with Gasteiger partial charge in [0, 0.05) is 39.9 Å². The van der Waals surface area contributed by atoms with Crippen molar-refractivity contribution in [3.05, 3.63) is 151 Å². The number of pyridine rings is 2. The Morgan fingerprint density at radius 2 is 1.50 bits per heavy atom. The van der Waals surface area contributed by atoms with Crippen LogP contribution in [0.1, 0.15) is 29.1 Å². The summed E-state index contributed by atoms with van der Waals surface area (Å²) >= 11 is 1.70. The van der Waals surface area contributed by atoms with Crippen LogP contribution in [0.4, 0.5) is 4.39 Å². The van der Waals surface area contributed by atoms with Crippen molar-refractivity contribution in [3.63, 3.8) is 0 Å². The third-order valence-electron chi connectivity index (χ3n) is 8.74. The Morgan fingerprint density at radius 1 is 0.750 bits per heavy atom. The van der Waals surface area contributed by atoms with Gasteiger partial charge in [-0.2, -0.15) is 11.3 Å². The Hall–Kier alpha value is -4.32. The molecule has 0 saturated heterocycles. The summed E-state index contributed by atoms with van der Waals surface area (Å²) in [6.07, 6.45) is 2.23. The molecule has 0 fully saturated rings. The average molecular weight is 895 g/mol. The van der Waals surface area contributed by atoms with Gasteiger partial charge in [-0.05, 0) is 73.8 Å². The Labute approximate surface area is 328 Å². The SMILES string of the molecule is C[Si](C)(C)c1ccc(-c2[c-]ccc3ccccc23)nc1.[2H]C([2H])(c1ccnc(-c2[c-]cc3c(c2)sc2cc(-c4ccc(F)cc4)ccc23)c1)C(C)(C)C.[Ir]. The quantitative estimate of drug-likeness (QED) is 0.127. The Morgan fingerprint density at radius 3 is 2.23 bits per heavy atom. The first-order valence-corrected chi connectivity index (χ1v) is 21.5. The van der Waals surface area contributed by atoms with E-state index < -0.39 is 19.9 Å². The van der Waals surface area contributed by atoms with Gasteiger partial charge in [-0.3, -0.25) is 0 Å². The predicted molar refractivity (Wildman–Crippen MR) is 219 cm³/mol. The second kappa shape index (κ2) is 15.3. The smallest absolute Gasteiger partial charge is 0.123 e. The van der Waals surface area contributed by atoms with Crippen molar-refractivity contribution >= 4 is 55.5 Å². The Bertz CT molecular complexity index is 2570. The van der Waals surface area contributed by atoms with E-state index in [0.29, 0.717) is 11.3 Å². The van der Waals surface area contributed by atoms with Crippen LogP contribution in [0.15, 0.2) is 128 Å². The number of hydrogen-bond donors (Lipinski definition) is 0. The summed E-state index contributed by atoms with van der Waals surface area (Å²) in [7, 11) is -1.28. The van der Waals surface area contributed by atoms with Crippen molar-refractivity contribution in [2.24, 2.45) is 5.41 Å². The number of fused-ring (bicyclic) bond motifs is 4. The third kappa shape index (κ3) is 8.48. The maximum Gasteiger partial charge on any atom is 0.123 e. The molecule has 263 valence electrons.